The lowest BCUT2D eigenvalue weighted by Gasteiger charge is -2.16. The summed E-state index contributed by atoms with van der Waals surface area (Å²) in [5.41, 5.74) is 0. The van der Waals surface area contributed by atoms with Crippen LogP contribution in [-0.4, -0.2) is 37.1 Å². The van der Waals surface area contributed by atoms with Crippen LogP contribution in [0.2, 0.25) is 0 Å². The summed E-state index contributed by atoms with van der Waals surface area (Å²) in [4.78, 5) is 2.56. The molecule has 0 bridgehead atoms. The molecule has 0 aromatic carbocycles. The highest BCUT2D eigenvalue weighted by molar-refractivity contribution is 4.72. The van der Waals surface area contributed by atoms with Crippen molar-refractivity contribution in [1.82, 2.24) is 10.2 Å². The van der Waals surface area contributed by atoms with Crippen molar-refractivity contribution in [2.45, 2.75) is 33.2 Å². The summed E-state index contributed by atoms with van der Waals surface area (Å²) >= 11 is 0. The number of hydrogen-bond acceptors (Lipinski definition) is 2. The third-order valence-electron chi connectivity index (χ3n) is 2.49. The fourth-order valence-corrected chi connectivity index (χ4v) is 1.74. The number of hydrogen-bond donors (Lipinski definition) is 1. The van der Waals surface area contributed by atoms with Crippen LogP contribution in [0.4, 0.5) is 0 Å². The SMILES string of the molecule is CC1CCN(CCNC(C)C)C1. The fourth-order valence-electron chi connectivity index (χ4n) is 1.74. The van der Waals surface area contributed by atoms with Crippen LogP contribution in [0.25, 0.3) is 0 Å². The summed E-state index contributed by atoms with van der Waals surface area (Å²) < 4.78 is 0. The third-order valence-corrected chi connectivity index (χ3v) is 2.49. The van der Waals surface area contributed by atoms with Crippen molar-refractivity contribution in [1.29, 1.82) is 0 Å². The summed E-state index contributed by atoms with van der Waals surface area (Å²) in [5.74, 6) is 0.920. The minimum atomic E-state index is 0.630. The number of nitrogens with zero attached hydrogens (tertiary/aromatic N) is 1. The van der Waals surface area contributed by atoms with Gasteiger partial charge in [0.2, 0.25) is 0 Å². The van der Waals surface area contributed by atoms with Crippen molar-refractivity contribution in [3.63, 3.8) is 0 Å². The average molecular weight is 170 g/mol. The van der Waals surface area contributed by atoms with Gasteiger partial charge in [-0.05, 0) is 18.9 Å². The molecule has 2 nitrogen and oxygen atoms in total. The van der Waals surface area contributed by atoms with Crippen LogP contribution in [0, 0.1) is 5.92 Å². The molecule has 0 saturated carbocycles. The molecular weight excluding hydrogens is 148 g/mol. The Morgan fingerprint density at radius 2 is 2.25 bits per heavy atom. The molecule has 0 spiro atoms. The first-order valence-electron chi connectivity index (χ1n) is 5.14. The van der Waals surface area contributed by atoms with Crippen molar-refractivity contribution in [3.8, 4) is 0 Å². The van der Waals surface area contributed by atoms with E-state index in [2.05, 4.69) is 31.0 Å². The molecule has 12 heavy (non-hydrogen) atoms. The Labute approximate surface area is 76.3 Å². The van der Waals surface area contributed by atoms with E-state index in [9.17, 15) is 0 Å². The van der Waals surface area contributed by atoms with Crippen LogP contribution in [-0.2, 0) is 0 Å². The van der Waals surface area contributed by atoms with E-state index in [1.54, 1.807) is 0 Å². The summed E-state index contributed by atoms with van der Waals surface area (Å²) in [6.07, 6.45) is 1.39. The van der Waals surface area contributed by atoms with E-state index in [-0.39, 0.29) is 0 Å². The van der Waals surface area contributed by atoms with Crippen molar-refractivity contribution < 1.29 is 0 Å². The maximum atomic E-state index is 3.45. The van der Waals surface area contributed by atoms with Gasteiger partial charge >= 0.3 is 0 Å². The van der Waals surface area contributed by atoms with E-state index >= 15 is 0 Å². The Morgan fingerprint density at radius 3 is 2.75 bits per heavy atom. The normalized spacial score (nSPS) is 25.5. The molecule has 2 heteroatoms. The van der Waals surface area contributed by atoms with Crippen LogP contribution in [0.3, 0.4) is 0 Å². The Hall–Kier alpha value is -0.0800. The monoisotopic (exact) mass is 170 g/mol. The standard InChI is InChI=1S/C10H22N2/c1-9(2)11-5-7-12-6-4-10(3)8-12/h9-11H,4-8H2,1-3H3. The molecule has 0 radical (unpaired) electrons. The van der Waals surface area contributed by atoms with E-state index in [4.69, 9.17) is 0 Å². The number of rotatable bonds is 4. The highest BCUT2D eigenvalue weighted by Gasteiger charge is 2.17. The minimum absolute atomic E-state index is 0.630. The van der Waals surface area contributed by atoms with Gasteiger partial charge in [-0.25, -0.2) is 0 Å². The van der Waals surface area contributed by atoms with E-state index in [0.29, 0.717) is 6.04 Å². The Bertz CT molecular complexity index is 123. The van der Waals surface area contributed by atoms with Gasteiger partial charge < -0.3 is 10.2 Å². The lowest BCUT2D eigenvalue weighted by atomic mass is 10.2. The molecule has 1 fully saturated rings. The Morgan fingerprint density at radius 1 is 1.50 bits per heavy atom. The summed E-state index contributed by atoms with van der Waals surface area (Å²) in [6.45, 7) is 11.7. The van der Waals surface area contributed by atoms with Gasteiger partial charge in [0.05, 0.1) is 0 Å². The minimum Gasteiger partial charge on any atom is -0.313 e. The van der Waals surface area contributed by atoms with Crippen LogP contribution < -0.4 is 5.32 Å². The predicted octanol–water partition coefficient (Wildman–Crippen LogP) is 1.33. The second kappa shape index (κ2) is 4.83. The van der Waals surface area contributed by atoms with Gasteiger partial charge in [0.15, 0.2) is 0 Å². The molecule has 1 unspecified atom stereocenters. The zero-order valence-corrected chi connectivity index (χ0v) is 8.64. The second-order valence-electron chi connectivity index (χ2n) is 4.30. The highest BCUT2D eigenvalue weighted by Crippen LogP contribution is 2.13. The second-order valence-corrected chi connectivity index (χ2v) is 4.30. The molecular formula is C10H22N2. The van der Waals surface area contributed by atoms with E-state index in [1.165, 1.54) is 26.1 Å². The fraction of sp³-hybridized carbons (Fsp3) is 1.00. The van der Waals surface area contributed by atoms with Gasteiger partial charge in [-0.1, -0.05) is 20.8 Å². The van der Waals surface area contributed by atoms with Crippen molar-refractivity contribution in [3.05, 3.63) is 0 Å². The van der Waals surface area contributed by atoms with E-state index in [0.717, 1.165) is 12.5 Å². The van der Waals surface area contributed by atoms with Gasteiger partial charge in [0, 0.05) is 25.7 Å². The average Bonchev–Trinajstić information content (AvgIpc) is 2.35. The molecule has 1 heterocycles. The van der Waals surface area contributed by atoms with E-state index in [1.807, 2.05) is 0 Å². The van der Waals surface area contributed by atoms with E-state index < -0.39 is 0 Å². The molecule has 1 saturated heterocycles. The molecule has 0 amide bonds. The van der Waals surface area contributed by atoms with Crippen molar-refractivity contribution in [2.24, 2.45) is 5.92 Å². The van der Waals surface area contributed by atoms with Crippen LogP contribution >= 0.6 is 0 Å². The summed E-state index contributed by atoms with van der Waals surface area (Å²) in [7, 11) is 0. The highest BCUT2D eigenvalue weighted by atomic mass is 15.2. The van der Waals surface area contributed by atoms with Gasteiger partial charge in [-0.15, -0.1) is 0 Å². The smallest absolute Gasteiger partial charge is 0.0107 e. The lowest BCUT2D eigenvalue weighted by molar-refractivity contribution is 0.321. The van der Waals surface area contributed by atoms with Gasteiger partial charge in [-0.2, -0.15) is 0 Å². The van der Waals surface area contributed by atoms with Crippen molar-refractivity contribution >= 4 is 0 Å². The molecule has 0 aromatic rings. The maximum Gasteiger partial charge on any atom is 0.0107 e. The molecule has 72 valence electrons. The van der Waals surface area contributed by atoms with Crippen molar-refractivity contribution in [2.75, 3.05) is 26.2 Å². The first-order valence-corrected chi connectivity index (χ1v) is 5.14. The number of likely N-dealkylation sites (tertiary alicyclic amines) is 1. The third kappa shape index (κ3) is 3.55. The largest absolute Gasteiger partial charge is 0.313 e. The zero-order chi connectivity index (χ0) is 8.97. The predicted molar refractivity (Wildman–Crippen MR) is 53.4 cm³/mol. The molecule has 0 aromatic heterocycles. The molecule has 1 aliphatic heterocycles. The number of nitrogens with one attached hydrogen (secondary N) is 1. The summed E-state index contributed by atoms with van der Waals surface area (Å²) in [6, 6.07) is 0.630. The van der Waals surface area contributed by atoms with Crippen LogP contribution in [0.15, 0.2) is 0 Å². The topological polar surface area (TPSA) is 15.3 Å². The Kier molecular flexibility index (Phi) is 4.02. The molecule has 1 aliphatic rings. The maximum absolute atomic E-state index is 3.45. The quantitative estimate of drug-likeness (QED) is 0.684. The molecule has 1 atom stereocenters. The lowest BCUT2D eigenvalue weighted by Crippen LogP contribution is -2.33. The zero-order valence-electron chi connectivity index (χ0n) is 8.64. The molecule has 0 aliphatic carbocycles. The molecule has 1 N–H and O–H groups in total. The first-order chi connectivity index (χ1) is 5.68. The van der Waals surface area contributed by atoms with Gasteiger partial charge in [0.25, 0.3) is 0 Å². The van der Waals surface area contributed by atoms with Crippen LogP contribution in [0.5, 0.6) is 0 Å². The summed E-state index contributed by atoms with van der Waals surface area (Å²) in [5, 5.41) is 3.45. The van der Waals surface area contributed by atoms with Gasteiger partial charge in [-0.3, -0.25) is 0 Å². The first kappa shape index (κ1) is 10.0. The van der Waals surface area contributed by atoms with Gasteiger partial charge in [0.1, 0.15) is 0 Å². The molecule has 1 rings (SSSR count). The van der Waals surface area contributed by atoms with Crippen LogP contribution in [0.1, 0.15) is 27.2 Å². The Balaban J connectivity index is 2.00.